The summed E-state index contributed by atoms with van der Waals surface area (Å²) in [6, 6.07) is 6.45. The number of rotatable bonds is 5. The van der Waals surface area contributed by atoms with Gasteiger partial charge in [-0.1, -0.05) is 12.1 Å². The molecule has 1 aliphatic rings. The maximum Gasteiger partial charge on any atom is 0.471 e. The molecule has 1 aromatic carbocycles. The van der Waals surface area contributed by atoms with Crippen molar-refractivity contribution in [2.45, 2.75) is 18.6 Å². The summed E-state index contributed by atoms with van der Waals surface area (Å²) in [5.41, 5.74) is 5.58. The van der Waals surface area contributed by atoms with E-state index in [1.54, 1.807) is 24.3 Å². The molecule has 0 bridgehead atoms. The Bertz CT molecular complexity index is 592. The molecule has 126 valence electrons. The van der Waals surface area contributed by atoms with Crippen LogP contribution in [0.2, 0.25) is 0 Å². The fraction of sp³-hybridized carbons (Fsp3) is 0.429. The van der Waals surface area contributed by atoms with Crippen LogP contribution >= 0.6 is 0 Å². The van der Waals surface area contributed by atoms with Gasteiger partial charge in [0.2, 0.25) is 5.91 Å². The molecule has 0 saturated carbocycles. The molecule has 0 fully saturated rings. The first-order valence-electron chi connectivity index (χ1n) is 6.90. The lowest BCUT2D eigenvalue weighted by atomic mass is 10.2. The number of primary amides is 1. The SMILES string of the molecule is NC(=O)CCN(CC1COc2ccccc2N1)C(=O)C(F)(F)F. The van der Waals surface area contributed by atoms with Crippen molar-refractivity contribution >= 4 is 17.5 Å². The van der Waals surface area contributed by atoms with E-state index in [0.29, 0.717) is 16.3 Å². The van der Waals surface area contributed by atoms with Gasteiger partial charge in [0.25, 0.3) is 0 Å². The Morgan fingerprint density at radius 1 is 1.35 bits per heavy atom. The van der Waals surface area contributed by atoms with Gasteiger partial charge in [0.05, 0.1) is 11.7 Å². The average Bonchev–Trinajstić information content (AvgIpc) is 2.49. The number of fused-ring (bicyclic) bond motifs is 1. The Kier molecular flexibility index (Phi) is 4.97. The van der Waals surface area contributed by atoms with Crippen LogP contribution < -0.4 is 15.8 Å². The number of nitrogens with one attached hydrogen (secondary N) is 1. The van der Waals surface area contributed by atoms with Gasteiger partial charge in [-0.15, -0.1) is 0 Å². The van der Waals surface area contributed by atoms with Gasteiger partial charge in [0, 0.05) is 19.5 Å². The maximum atomic E-state index is 12.7. The smallest absolute Gasteiger partial charge is 0.471 e. The van der Waals surface area contributed by atoms with Crippen molar-refractivity contribution in [3.63, 3.8) is 0 Å². The van der Waals surface area contributed by atoms with E-state index in [0.717, 1.165) is 0 Å². The summed E-state index contributed by atoms with van der Waals surface area (Å²) in [6.07, 6.45) is -5.35. The molecule has 0 aliphatic carbocycles. The number of ether oxygens (including phenoxy) is 1. The van der Waals surface area contributed by atoms with Crippen LogP contribution in [0.25, 0.3) is 0 Å². The van der Waals surface area contributed by atoms with Crippen molar-refractivity contribution in [1.29, 1.82) is 0 Å². The number of carbonyl (C=O) groups is 2. The molecule has 23 heavy (non-hydrogen) atoms. The predicted octanol–water partition coefficient (Wildman–Crippen LogP) is 1.13. The second kappa shape index (κ2) is 6.76. The third-order valence-corrected chi connectivity index (χ3v) is 3.29. The minimum atomic E-state index is -5.01. The number of nitrogens with two attached hydrogens (primary N) is 1. The van der Waals surface area contributed by atoms with E-state index >= 15 is 0 Å². The van der Waals surface area contributed by atoms with E-state index in [2.05, 4.69) is 5.32 Å². The van der Waals surface area contributed by atoms with Gasteiger partial charge in [-0.2, -0.15) is 13.2 Å². The summed E-state index contributed by atoms with van der Waals surface area (Å²) in [6.45, 7) is -0.539. The molecule has 6 nitrogen and oxygen atoms in total. The topological polar surface area (TPSA) is 84.7 Å². The van der Waals surface area contributed by atoms with E-state index in [4.69, 9.17) is 10.5 Å². The quantitative estimate of drug-likeness (QED) is 0.847. The Morgan fingerprint density at radius 2 is 2.04 bits per heavy atom. The third kappa shape index (κ3) is 4.51. The number of para-hydroxylation sites is 2. The first kappa shape index (κ1) is 16.9. The Morgan fingerprint density at radius 3 is 2.70 bits per heavy atom. The molecule has 3 N–H and O–H groups in total. The molecule has 2 amide bonds. The highest BCUT2D eigenvalue weighted by atomic mass is 19.4. The molecule has 1 aliphatic heterocycles. The molecule has 1 atom stereocenters. The van der Waals surface area contributed by atoms with E-state index in [1.807, 2.05) is 0 Å². The molecule has 1 aromatic rings. The number of amides is 2. The molecule has 0 spiro atoms. The normalized spacial score (nSPS) is 16.7. The fourth-order valence-corrected chi connectivity index (χ4v) is 2.23. The Balaban J connectivity index is 2.06. The lowest BCUT2D eigenvalue weighted by Gasteiger charge is -2.32. The van der Waals surface area contributed by atoms with Crippen LogP contribution in [0.5, 0.6) is 5.75 Å². The van der Waals surface area contributed by atoms with Crippen molar-refractivity contribution in [2.75, 3.05) is 25.0 Å². The highest BCUT2D eigenvalue weighted by Crippen LogP contribution is 2.28. The summed E-state index contributed by atoms with van der Waals surface area (Å²) in [5.74, 6) is -2.18. The fourth-order valence-electron chi connectivity index (χ4n) is 2.23. The number of carbonyl (C=O) groups excluding carboxylic acids is 2. The number of benzene rings is 1. The second-order valence-corrected chi connectivity index (χ2v) is 5.11. The van der Waals surface area contributed by atoms with Gasteiger partial charge >= 0.3 is 12.1 Å². The van der Waals surface area contributed by atoms with Gasteiger partial charge in [-0.05, 0) is 12.1 Å². The Labute approximate surface area is 130 Å². The van der Waals surface area contributed by atoms with Gasteiger partial charge in [0.15, 0.2) is 0 Å². The van der Waals surface area contributed by atoms with Crippen LogP contribution in [0, 0.1) is 0 Å². The van der Waals surface area contributed by atoms with Crippen molar-refractivity contribution in [1.82, 2.24) is 4.90 Å². The first-order valence-corrected chi connectivity index (χ1v) is 6.90. The molecular weight excluding hydrogens is 315 g/mol. The number of nitrogens with zero attached hydrogens (tertiary/aromatic N) is 1. The molecule has 9 heteroatoms. The number of halogens is 3. The van der Waals surface area contributed by atoms with E-state index in [9.17, 15) is 22.8 Å². The molecule has 0 saturated heterocycles. The summed E-state index contributed by atoms with van der Waals surface area (Å²) < 4.78 is 43.4. The minimum absolute atomic E-state index is 0.106. The van der Waals surface area contributed by atoms with Crippen molar-refractivity contribution in [3.05, 3.63) is 24.3 Å². The van der Waals surface area contributed by atoms with E-state index in [-0.39, 0.29) is 19.6 Å². The van der Waals surface area contributed by atoms with E-state index < -0.39 is 30.6 Å². The second-order valence-electron chi connectivity index (χ2n) is 5.11. The highest BCUT2D eigenvalue weighted by Gasteiger charge is 2.43. The molecule has 1 unspecified atom stereocenters. The van der Waals surface area contributed by atoms with Crippen molar-refractivity contribution < 1.29 is 27.5 Å². The van der Waals surface area contributed by atoms with Gasteiger partial charge in [0.1, 0.15) is 12.4 Å². The zero-order valence-electron chi connectivity index (χ0n) is 12.1. The largest absolute Gasteiger partial charge is 0.489 e. The van der Waals surface area contributed by atoms with Crippen LogP contribution in [0.1, 0.15) is 6.42 Å². The van der Waals surface area contributed by atoms with Gasteiger partial charge in [-0.25, -0.2) is 0 Å². The zero-order valence-corrected chi connectivity index (χ0v) is 12.1. The number of hydrogen-bond acceptors (Lipinski definition) is 4. The number of anilines is 1. The highest BCUT2D eigenvalue weighted by molar-refractivity contribution is 5.82. The lowest BCUT2D eigenvalue weighted by molar-refractivity contribution is -0.185. The van der Waals surface area contributed by atoms with Crippen LogP contribution in [0.4, 0.5) is 18.9 Å². The maximum absolute atomic E-state index is 12.7. The average molecular weight is 331 g/mol. The summed E-state index contributed by atoms with van der Waals surface area (Å²) in [5, 5.41) is 3.02. The molecule has 0 aromatic heterocycles. The van der Waals surface area contributed by atoms with Crippen LogP contribution in [0.3, 0.4) is 0 Å². The minimum Gasteiger partial charge on any atom is -0.489 e. The van der Waals surface area contributed by atoms with Crippen LogP contribution in [-0.2, 0) is 9.59 Å². The van der Waals surface area contributed by atoms with Crippen LogP contribution in [-0.4, -0.2) is 48.6 Å². The van der Waals surface area contributed by atoms with Crippen molar-refractivity contribution in [3.8, 4) is 5.75 Å². The molecule has 1 heterocycles. The van der Waals surface area contributed by atoms with Gasteiger partial charge in [-0.3, -0.25) is 9.59 Å². The standard InChI is InChI=1S/C14H16F3N3O3/c15-14(16,17)13(22)20(6-5-12(18)21)7-9-8-23-11-4-2-1-3-10(11)19-9/h1-4,9,19H,5-8H2,(H2,18,21). The first-order chi connectivity index (χ1) is 10.8. The zero-order chi connectivity index (χ0) is 17.0. The number of alkyl halides is 3. The summed E-state index contributed by atoms with van der Waals surface area (Å²) >= 11 is 0. The molecular formula is C14H16F3N3O3. The van der Waals surface area contributed by atoms with Crippen LogP contribution in [0.15, 0.2) is 24.3 Å². The lowest BCUT2D eigenvalue weighted by Crippen LogP contribution is -2.49. The number of hydrogen-bond donors (Lipinski definition) is 2. The predicted molar refractivity (Wildman–Crippen MR) is 75.8 cm³/mol. The third-order valence-electron chi connectivity index (χ3n) is 3.29. The summed E-state index contributed by atoms with van der Waals surface area (Å²) in [7, 11) is 0. The molecule has 0 radical (unpaired) electrons. The van der Waals surface area contributed by atoms with Crippen molar-refractivity contribution in [2.24, 2.45) is 5.73 Å². The van der Waals surface area contributed by atoms with Gasteiger partial charge < -0.3 is 20.7 Å². The van der Waals surface area contributed by atoms with E-state index in [1.165, 1.54) is 0 Å². The summed E-state index contributed by atoms with van der Waals surface area (Å²) in [4.78, 5) is 22.8. The molecule has 2 rings (SSSR count). The Hall–Kier alpha value is -2.45. The monoisotopic (exact) mass is 331 g/mol.